The van der Waals surface area contributed by atoms with E-state index in [-0.39, 0.29) is 5.56 Å². The highest BCUT2D eigenvalue weighted by atomic mass is 79.9. The Labute approximate surface area is 88.3 Å². The molecule has 0 amide bonds. The van der Waals surface area contributed by atoms with E-state index in [9.17, 15) is 4.79 Å². The zero-order valence-electron chi connectivity index (χ0n) is 7.36. The van der Waals surface area contributed by atoms with Gasteiger partial charge in [0, 0.05) is 23.9 Å². The lowest BCUT2D eigenvalue weighted by molar-refractivity contribution is 0.0698. The van der Waals surface area contributed by atoms with Crippen molar-refractivity contribution in [2.45, 2.75) is 0 Å². The Balaban J connectivity index is 2.84. The Bertz CT molecular complexity index is 519. The van der Waals surface area contributed by atoms with Crippen LogP contribution in [0.15, 0.2) is 22.9 Å². The minimum atomic E-state index is -0.953. The zero-order chi connectivity index (χ0) is 10.3. The van der Waals surface area contributed by atoms with Crippen molar-refractivity contribution in [3.8, 4) is 0 Å². The highest BCUT2D eigenvalue weighted by Crippen LogP contribution is 2.21. The highest BCUT2D eigenvalue weighted by molar-refractivity contribution is 9.10. The van der Waals surface area contributed by atoms with Gasteiger partial charge in [-0.3, -0.25) is 4.98 Å². The minimum Gasteiger partial charge on any atom is -0.478 e. The molecule has 5 heteroatoms. The van der Waals surface area contributed by atoms with Crippen molar-refractivity contribution in [2.75, 3.05) is 0 Å². The molecule has 0 saturated heterocycles. The summed E-state index contributed by atoms with van der Waals surface area (Å²) in [5.41, 5.74) is 1.55. The van der Waals surface area contributed by atoms with Crippen LogP contribution in [0.1, 0.15) is 10.4 Å². The molecule has 4 nitrogen and oxygen atoms in total. The summed E-state index contributed by atoms with van der Waals surface area (Å²) in [6.45, 7) is 0. The van der Waals surface area contributed by atoms with Crippen LogP contribution in [0.4, 0.5) is 0 Å². The first-order valence-corrected chi connectivity index (χ1v) is 4.73. The SMILES string of the molecule is Cn1cc(C(=O)O)c2ncc(Br)cc21. The molecule has 0 aromatic carbocycles. The number of fused-ring (bicyclic) bond motifs is 1. The molecule has 2 rings (SSSR count). The second-order valence-electron chi connectivity index (χ2n) is 2.98. The summed E-state index contributed by atoms with van der Waals surface area (Å²) in [4.78, 5) is 14.9. The van der Waals surface area contributed by atoms with Crippen molar-refractivity contribution in [1.82, 2.24) is 9.55 Å². The minimum absolute atomic E-state index is 0.231. The van der Waals surface area contributed by atoms with Crippen LogP contribution in [0, 0.1) is 0 Å². The van der Waals surface area contributed by atoms with Crippen molar-refractivity contribution in [3.05, 3.63) is 28.5 Å². The molecule has 0 aliphatic rings. The van der Waals surface area contributed by atoms with E-state index in [1.807, 2.05) is 6.07 Å². The van der Waals surface area contributed by atoms with Gasteiger partial charge < -0.3 is 9.67 Å². The van der Waals surface area contributed by atoms with Gasteiger partial charge in [-0.05, 0) is 22.0 Å². The van der Waals surface area contributed by atoms with E-state index in [1.54, 1.807) is 24.0 Å². The van der Waals surface area contributed by atoms with Crippen molar-refractivity contribution < 1.29 is 9.90 Å². The molecule has 0 saturated carbocycles. The average Bonchev–Trinajstić information content (AvgIpc) is 2.44. The summed E-state index contributed by atoms with van der Waals surface area (Å²) in [5.74, 6) is -0.953. The van der Waals surface area contributed by atoms with E-state index in [1.165, 1.54) is 0 Å². The van der Waals surface area contributed by atoms with Crippen LogP contribution in [0.5, 0.6) is 0 Å². The molecular formula is C9H7BrN2O2. The summed E-state index contributed by atoms with van der Waals surface area (Å²) >= 11 is 3.29. The van der Waals surface area contributed by atoms with Gasteiger partial charge in [-0.1, -0.05) is 0 Å². The van der Waals surface area contributed by atoms with E-state index in [2.05, 4.69) is 20.9 Å². The number of carboxylic acid groups (broad SMARTS) is 1. The first-order chi connectivity index (χ1) is 6.59. The summed E-state index contributed by atoms with van der Waals surface area (Å²) < 4.78 is 2.58. The number of carboxylic acids is 1. The molecule has 2 aromatic heterocycles. The number of rotatable bonds is 1. The van der Waals surface area contributed by atoms with E-state index in [0.717, 1.165) is 9.99 Å². The number of hydrogen-bond donors (Lipinski definition) is 1. The maximum absolute atomic E-state index is 10.8. The van der Waals surface area contributed by atoms with Crippen LogP contribution >= 0.6 is 15.9 Å². The molecule has 0 unspecified atom stereocenters. The molecule has 2 heterocycles. The fourth-order valence-electron chi connectivity index (χ4n) is 1.39. The van der Waals surface area contributed by atoms with Gasteiger partial charge in [0.15, 0.2) is 0 Å². The zero-order valence-corrected chi connectivity index (χ0v) is 8.95. The first-order valence-electron chi connectivity index (χ1n) is 3.93. The molecule has 2 aromatic rings. The average molecular weight is 255 g/mol. The highest BCUT2D eigenvalue weighted by Gasteiger charge is 2.13. The maximum Gasteiger partial charge on any atom is 0.339 e. The van der Waals surface area contributed by atoms with Gasteiger partial charge in [0.1, 0.15) is 11.1 Å². The third kappa shape index (κ3) is 1.29. The summed E-state index contributed by atoms with van der Waals surface area (Å²) in [6.07, 6.45) is 3.15. The van der Waals surface area contributed by atoms with Gasteiger partial charge in [-0.15, -0.1) is 0 Å². The van der Waals surface area contributed by atoms with Crippen LogP contribution in [-0.4, -0.2) is 20.6 Å². The molecular weight excluding hydrogens is 248 g/mol. The lowest BCUT2D eigenvalue weighted by Crippen LogP contribution is -1.94. The Morgan fingerprint density at radius 3 is 3.00 bits per heavy atom. The Kier molecular flexibility index (Phi) is 2.03. The lowest BCUT2D eigenvalue weighted by Gasteiger charge is -1.95. The smallest absolute Gasteiger partial charge is 0.339 e. The number of aromatic nitrogens is 2. The number of aromatic carboxylic acids is 1. The van der Waals surface area contributed by atoms with Gasteiger partial charge >= 0.3 is 5.97 Å². The molecule has 1 N–H and O–H groups in total. The second-order valence-corrected chi connectivity index (χ2v) is 3.90. The van der Waals surface area contributed by atoms with Gasteiger partial charge in [-0.2, -0.15) is 0 Å². The lowest BCUT2D eigenvalue weighted by atomic mass is 10.3. The van der Waals surface area contributed by atoms with Gasteiger partial charge in [0.2, 0.25) is 0 Å². The molecule has 72 valence electrons. The number of hydrogen-bond acceptors (Lipinski definition) is 2. The molecule has 0 bridgehead atoms. The maximum atomic E-state index is 10.8. The third-order valence-corrected chi connectivity index (χ3v) is 2.46. The number of carbonyl (C=O) groups is 1. The molecule has 0 atom stereocenters. The largest absolute Gasteiger partial charge is 0.478 e. The topological polar surface area (TPSA) is 55.1 Å². The first kappa shape index (κ1) is 9.21. The summed E-state index contributed by atoms with van der Waals surface area (Å²) in [5, 5.41) is 8.90. The Morgan fingerprint density at radius 2 is 2.36 bits per heavy atom. The fourth-order valence-corrected chi connectivity index (χ4v) is 1.71. The predicted molar refractivity (Wildman–Crippen MR) is 55.4 cm³/mol. The molecule has 0 aliphatic heterocycles. The van der Waals surface area contributed by atoms with Crippen molar-refractivity contribution in [3.63, 3.8) is 0 Å². The quantitative estimate of drug-likeness (QED) is 0.848. The Hall–Kier alpha value is -1.36. The number of nitrogens with zero attached hydrogens (tertiary/aromatic N) is 2. The van der Waals surface area contributed by atoms with Crippen molar-refractivity contribution >= 4 is 32.9 Å². The monoisotopic (exact) mass is 254 g/mol. The Morgan fingerprint density at radius 1 is 1.64 bits per heavy atom. The second kappa shape index (κ2) is 3.09. The van der Waals surface area contributed by atoms with E-state index < -0.39 is 5.97 Å². The molecule has 0 radical (unpaired) electrons. The van der Waals surface area contributed by atoms with E-state index in [4.69, 9.17) is 5.11 Å². The summed E-state index contributed by atoms with van der Waals surface area (Å²) in [6, 6.07) is 1.84. The molecule has 0 aliphatic carbocycles. The number of aryl methyl sites for hydroxylation is 1. The van der Waals surface area contributed by atoms with Crippen LogP contribution in [0.2, 0.25) is 0 Å². The van der Waals surface area contributed by atoms with Gasteiger partial charge in [0.05, 0.1) is 5.52 Å². The third-order valence-electron chi connectivity index (χ3n) is 2.02. The number of halogens is 1. The fraction of sp³-hybridized carbons (Fsp3) is 0.111. The van der Waals surface area contributed by atoms with Gasteiger partial charge in [0.25, 0.3) is 0 Å². The normalized spacial score (nSPS) is 10.7. The number of pyridine rings is 1. The van der Waals surface area contributed by atoms with E-state index in [0.29, 0.717) is 5.52 Å². The molecule has 14 heavy (non-hydrogen) atoms. The summed E-state index contributed by atoms with van der Waals surface area (Å²) in [7, 11) is 1.79. The van der Waals surface area contributed by atoms with Crippen LogP contribution in [0.3, 0.4) is 0 Å². The van der Waals surface area contributed by atoms with Crippen LogP contribution in [-0.2, 0) is 7.05 Å². The van der Waals surface area contributed by atoms with Crippen molar-refractivity contribution in [1.29, 1.82) is 0 Å². The van der Waals surface area contributed by atoms with Crippen molar-refractivity contribution in [2.24, 2.45) is 7.05 Å². The van der Waals surface area contributed by atoms with Crippen LogP contribution < -0.4 is 0 Å². The standard InChI is InChI=1S/C9H7BrN2O2/c1-12-4-6(9(13)14)8-7(12)2-5(10)3-11-8/h2-4H,1H3,(H,13,14). The molecule has 0 spiro atoms. The van der Waals surface area contributed by atoms with Crippen LogP contribution in [0.25, 0.3) is 11.0 Å². The van der Waals surface area contributed by atoms with Gasteiger partial charge in [-0.25, -0.2) is 4.79 Å². The predicted octanol–water partition coefficient (Wildman–Crippen LogP) is 2.03. The molecule has 0 fully saturated rings. The van der Waals surface area contributed by atoms with E-state index >= 15 is 0 Å².